The van der Waals surface area contributed by atoms with E-state index in [0.717, 1.165) is 18.8 Å². The first-order chi connectivity index (χ1) is 6.36. The summed E-state index contributed by atoms with van der Waals surface area (Å²) >= 11 is 0. The molecule has 1 aromatic carbocycles. The van der Waals surface area contributed by atoms with Crippen LogP contribution in [0.4, 0.5) is 11.4 Å². The lowest BCUT2D eigenvalue weighted by molar-refractivity contribution is 0.679. The first-order valence-corrected chi connectivity index (χ1v) is 4.78. The van der Waals surface area contributed by atoms with Crippen molar-refractivity contribution in [2.45, 2.75) is 12.8 Å². The largest absolute Gasteiger partial charge is 0.399 e. The molecular formula is C11H15N2. The molecule has 1 saturated heterocycles. The van der Waals surface area contributed by atoms with Crippen LogP contribution < -0.4 is 10.6 Å². The average molecular weight is 175 g/mol. The molecule has 69 valence electrons. The van der Waals surface area contributed by atoms with E-state index in [9.17, 15) is 0 Å². The fourth-order valence-corrected chi connectivity index (χ4v) is 1.69. The number of piperidine rings is 1. The molecule has 13 heavy (non-hydrogen) atoms. The molecule has 1 aliphatic rings. The highest BCUT2D eigenvalue weighted by Gasteiger charge is 2.09. The molecule has 1 aromatic rings. The van der Waals surface area contributed by atoms with Gasteiger partial charge in [-0.25, -0.2) is 0 Å². The Morgan fingerprint density at radius 3 is 2.23 bits per heavy atom. The maximum Gasteiger partial charge on any atom is 0.0367 e. The van der Waals surface area contributed by atoms with Crippen LogP contribution in [0.2, 0.25) is 0 Å². The second-order valence-electron chi connectivity index (χ2n) is 3.44. The predicted molar refractivity (Wildman–Crippen MR) is 56.6 cm³/mol. The van der Waals surface area contributed by atoms with Crippen molar-refractivity contribution >= 4 is 11.4 Å². The molecule has 0 aliphatic carbocycles. The zero-order valence-electron chi connectivity index (χ0n) is 7.74. The molecule has 2 N–H and O–H groups in total. The fourth-order valence-electron chi connectivity index (χ4n) is 1.69. The van der Waals surface area contributed by atoms with Crippen molar-refractivity contribution in [3.8, 4) is 0 Å². The maximum atomic E-state index is 5.63. The zero-order valence-corrected chi connectivity index (χ0v) is 7.74. The van der Waals surface area contributed by atoms with E-state index >= 15 is 0 Å². The zero-order chi connectivity index (χ0) is 9.10. The Hall–Kier alpha value is -1.18. The summed E-state index contributed by atoms with van der Waals surface area (Å²) in [5.74, 6) is 0. The third-order valence-electron chi connectivity index (χ3n) is 2.46. The highest BCUT2D eigenvalue weighted by atomic mass is 15.1. The Morgan fingerprint density at radius 1 is 1.00 bits per heavy atom. The number of benzene rings is 1. The van der Waals surface area contributed by atoms with Crippen molar-refractivity contribution in [1.29, 1.82) is 0 Å². The summed E-state index contributed by atoms with van der Waals surface area (Å²) in [7, 11) is 0. The van der Waals surface area contributed by atoms with Gasteiger partial charge in [-0.05, 0) is 43.5 Å². The van der Waals surface area contributed by atoms with Gasteiger partial charge in [0.15, 0.2) is 0 Å². The van der Waals surface area contributed by atoms with Crippen LogP contribution >= 0.6 is 0 Å². The molecule has 0 spiro atoms. The van der Waals surface area contributed by atoms with Crippen LogP contribution in [0.5, 0.6) is 0 Å². The normalized spacial score (nSPS) is 17.4. The van der Waals surface area contributed by atoms with Crippen molar-refractivity contribution in [2.24, 2.45) is 0 Å². The van der Waals surface area contributed by atoms with Gasteiger partial charge in [0.25, 0.3) is 0 Å². The van der Waals surface area contributed by atoms with E-state index in [2.05, 4.69) is 23.5 Å². The molecule has 1 radical (unpaired) electrons. The number of rotatable bonds is 1. The second-order valence-corrected chi connectivity index (χ2v) is 3.44. The average Bonchev–Trinajstić information content (AvgIpc) is 2.20. The number of nitrogens with two attached hydrogens (primary N) is 1. The Balaban J connectivity index is 2.10. The molecule has 0 amide bonds. The Bertz CT molecular complexity index is 260. The lowest BCUT2D eigenvalue weighted by Crippen LogP contribution is -2.29. The molecule has 0 atom stereocenters. The van der Waals surface area contributed by atoms with E-state index in [1.165, 1.54) is 18.5 Å². The van der Waals surface area contributed by atoms with Crippen LogP contribution in [0.15, 0.2) is 24.3 Å². The van der Waals surface area contributed by atoms with E-state index in [-0.39, 0.29) is 0 Å². The van der Waals surface area contributed by atoms with E-state index < -0.39 is 0 Å². The summed E-state index contributed by atoms with van der Waals surface area (Å²) in [5, 5.41) is 0. The van der Waals surface area contributed by atoms with Crippen molar-refractivity contribution in [2.75, 3.05) is 23.7 Å². The van der Waals surface area contributed by atoms with Gasteiger partial charge in [-0.15, -0.1) is 0 Å². The van der Waals surface area contributed by atoms with Crippen molar-refractivity contribution in [3.63, 3.8) is 0 Å². The Morgan fingerprint density at radius 2 is 1.62 bits per heavy atom. The number of nitrogen functional groups attached to an aromatic ring is 1. The van der Waals surface area contributed by atoms with Gasteiger partial charge in [0.1, 0.15) is 0 Å². The fraction of sp³-hybridized carbons (Fsp3) is 0.364. The molecule has 0 bridgehead atoms. The van der Waals surface area contributed by atoms with Crippen LogP contribution in [0.1, 0.15) is 12.8 Å². The maximum absolute atomic E-state index is 5.63. The first kappa shape index (κ1) is 8.42. The van der Waals surface area contributed by atoms with Crippen LogP contribution in [-0.4, -0.2) is 13.1 Å². The summed E-state index contributed by atoms with van der Waals surface area (Å²) < 4.78 is 0. The molecule has 1 aliphatic heterocycles. The lowest BCUT2D eigenvalue weighted by Gasteiger charge is -2.28. The van der Waals surface area contributed by atoms with E-state index in [1.54, 1.807) is 0 Å². The first-order valence-electron chi connectivity index (χ1n) is 4.78. The summed E-state index contributed by atoms with van der Waals surface area (Å²) in [6.07, 6.45) is 4.75. The van der Waals surface area contributed by atoms with Crippen LogP contribution in [0.3, 0.4) is 0 Å². The van der Waals surface area contributed by atoms with E-state index in [0.29, 0.717) is 0 Å². The topological polar surface area (TPSA) is 29.3 Å². The highest BCUT2D eigenvalue weighted by molar-refractivity contribution is 5.53. The monoisotopic (exact) mass is 175 g/mol. The Labute approximate surface area is 79.4 Å². The number of nitrogens with zero attached hydrogens (tertiary/aromatic N) is 1. The quantitative estimate of drug-likeness (QED) is 0.662. The van der Waals surface area contributed by atoms with Gasteiger partial charge >= 0.3 is 0 Å². The van der Waals surface area contributed by atoms with Gasteiger partial charge in [-0.3, -0.25) is 0 Å². The van der Waals surface area contributed by atoms with E-state index in [4.69, 9.17) is 5.73 Å². The van der Waals surface area contributed by atoms with Crippen molar-refractivity contribution in [1.82, 2.24) is 0 Å². The van der Waals surface area contributed by atoms with Crippen molar-refractivity contribution < 1.29 is 0 Å². The smallest absolute Gasteiger partial charge is 0.0367 e. The summed E-state index contributed by atoms with van der Waals surface area (Å²) in [4.78, 5) is 2.40. The third-order valence-corrected chi connectivity index (χ3v) is 2.46. The minimum atomic E-state index is 0.840. The van der Waals surface area contributed by atoms with E-state index in [1.807, 2.05) is 12.1 Å². The Kier molecular flexibility index (Phi) is 2.39. The van der Waals surface area contributed by atoms with Gasteiger partial charge in [-0.1, -0.05) is 0 Å². The molecule has 0 aromatic heterocycles. The third kappa shape index (κ3) is 1.94. The molecule has 0 saturated carbocycles. The number of hydrogen-bond acceptors (Lipinski definition) is 2. The minimum Gasteiger partial charge on any atom is -0.399 e. The van der Waals surface area contributed by atoms with Gasteiger partial charge in [0.05, 0.1) is 0 Å². The van der Waals surface area contributed by atoms with Gasteiger partial charge in [0, 0.05) is 24.5 Å². The van der Waals surface area contributed by atoms with Crippen LogP contribution in [0.25, 0.3) is 0 Å². The summed E-state index contributed by atoms with van der Waals surface area (Å²) in [6, 6.07) is 8.13. The number of anilines is 2. The minimum absolute atomic E-state index is 0.840. The molecule has 2 rings (SSSR count). The molecule has 1 fully saturated rings. The van der Waals surface area contributed by atoms with Gasteiger partial charge in [0.2, 0.25) is 0 Å². The molecule has 1 heterocycles. The molecule has 0 unspecified atom stereocenters. The van der Waals surface area contributed by atoms with Gasteiger partial charge in [-0.2, -0.15) is 0 Å². The number of hydrogen-bond donors (Lipinski definition) is 1. The highest BCUT2D eigenvalue weighted by Crippen LogP contribution is 2.20. The molecule has 2 nitrogen and oxygen atoms in total. The van der Waals surface area contributed by atoms with Crippen molar-refractivity contribution in [3.05, 3.63) is 30.7 Å². The second kappa shape index (κ2) is 3.69. The van der Waals surface area contributed by atoms with Crippen LogP contribution in [-0.2, 0) is 0 Å². The molecular weight excluding hydrogens is 160 g/mol. The van der Waals surface area contributed by atoms with Gasteiger partial charge < -0.3 is 10.6 Å². The molecule has 2 heteroatoms. The lowest BCUT2D eigenvalue weighted by atomic mass is 10.1. The van der Waals surface area contributed by atoms with Crippen LogP contribution in [0, 0.1) is 6.42 Å². The SMILES string of the molecule is Nc1ccc(N2CC[CH]CC2)cc1. The summed E-state index contributed by atoms with van der Waals surface area (Å²) in [6.45, 7) is 2.29. The predicted octanol–water partition coefficient (Wildman–Crippen LogP) is 2.07. The summed E-state index contributed by atoms with van der Waals surface area (Å²) in [5.41, 5.74) is 7.77. The standard InChI is InChI=1S/C11H15N2/c12-10-4-6-11(7-5-10)13-8-2-1-3-9-13/h1,4-7H,2-3,8-9,12H2.